The second-order valence-corrected chi connectivity index (χ2v) is 6.29. The Morgan fingerprint density at radius 2 is 1.90 bits per heavy atom. The maximum Gasteiger partial charge on any atom is 0.244 e. The number of halogens is 1. The van der Waals surface area contributed by atoms with Crippen molar-refractivity contribution in [3.63, 3.8) is 0 Å². The molecule has 0 bridgehead atoms. The lowest BCUT2D eigenvalue weighted by Gasteiger charge is -2.10. The Hall–Kier alpha value is -1.92. The van der Waals surface area contributed by atoms with Crippen LogP contribution >= 0.6 is 0 Å². The molecule has 6 heteroatoms. The normalized spacial score (nSPS) is 11.4. The maximum atomic E-state index is 13.4. The fraction of sp³-hybridized carbons (Fsp3) is 0.200. The highest BCUT2D eigenvalue weighted by atomic mass is 32.2. The minimum absolute atomic E-state index is 0.0115. The number of sulfonamides is 1. The van der Waals surface area contributed by atoms with E-state index in [4.69, 9.17) is 4.74 Å². The molecule has 0 saturated heterocycles. The molecular weight excluding hydrogens is 293 g/mol. The number of hydrogen-bond acceptors (Lipinski definition) is 3. The van der Waals surface area contributed by atoms with Crippen molar-refractivity contribution in [1.29, 1.82) is 0 Å². The third kappa shape index (κ3) is 3.59. The van der Waals surface area contributed by atoms with Crippen LogP contribution in [0.4, 0.5) is 4.39 Å². The standard InChI is InChI=1S/C15H16FNO3S/c1-11-7-8-12(9-13(11)16)10-17-21(18,19)15-6-4-3-5-14(15)20-2/h3-9,17H,10H2,1-2H3. The second kappa shape index (κ2) is 6.24. The van der Waals surface area contributed by atoms with E-state index in [1.54, 1.807) is 37.3 Å². The Kier molecular flexibility index (Phi) is 4.59. The molecule has 0 fully saturated rings. The molecule has 0 amide bonds. The van der Waals surface area contributed by atoms with Gasteiger partial charge >= 0.3 is 0 Å². The molecule has 0 atom stereocenters. The van der Waals surface area contributed by atoms with Gasteiger partial charge in [-0.1, -0.05) is 24.3 Å². The van der Waals surface area contributed by atoms with Gasteiger partial charge in [0.05, 0.1) is 7.11 Å². The van der Waals surface area contributed by atoms with Crippen molar-refractivity contribution in [3.8, 4) is 5.75 Å². The summed E-state index contributed by atoms with van der Waals surface area (Å²) in [4.78, 5) is 0.0556. The van der Waals surface area contributed by atoms with Crippen LogP contribution < -0.4 is 9.46 Å². The monoisotopic (exact) mass is 309 g/mol. The number of para-hydroxylation sites is 1. The van der Waals surface area contributed by atoms with E-state index < -0.39 is 10.0 Å². The zero-order valence-electron chi connectivity index (χ0n) is 11.8. The Morgan fingerprint density at radius 1 is 1.19 bits per heavy atom. The van der Waals surface area contributed by atoms with E-state index >= 15 is 0 Å². The van der Waals surface area contributed by atoms with Gasteiger partial charge in [-0.15, -0.1) is 0 Å². The lowest BCUT2D eigenvalue weighted by atomic mass is 10.1. The van der Waals surface area contributed by atoms with Crippen molar-refractivity contribution in [2.24, 2.45) is 0 Å². The van der Waals surface area contributed by atoms with Crippen LogP contribution in [0, 0.1) is 12.7 Å². The van der Waals surface area contributed by atoms with E-state index in [-0.39, 0.29) is 23.0 Å². The molecule has 0 saturated carbocycles. The van der Waals surface area contributed by atoms with E-state index in [0.717, 1.165) is 0 Å². The third-order valence-electron chi connectivity index (χ3n) is 3.06. The molecule has 0 spiro atoms. The lowest BCUT2D eigenvalue weighted by Crippen LogP contribution is -2.23. The molecule has 112 valence electrons. The SMILES string of the molecule is COc1ccccc1S(=O)(=O)NCc1ccc(C)c(F)c1. The van der Waals surface area contributed by atoms with Gasteiger partial charge in [0.1, 0.15) is 16.5 Å². The summed E-state index contributed by atoms with van der Waals surface area (Å²) in [6.07, 6.45) is 0. The van der Waals surface area contributed by atoms with Crippen LogP contribution in [0.2, 0.25) is 0 Å². The molecule has 21 heavy (non-hydrogen) atoms. The number of methoxy groups -OCH3 is 1. The quantitative estimate of drug-likeness (QED) is 0.923. The topological polar surface area (TPSA) is 55.4 Å². The average molecular weight is 309 g/mol. The molecule has 0 unspecified atom stereocenters. The van der Waals surface area contributed by atoms with Crippen LogP contribution in [-0.2, 0) is 16.6 Å². The Balaban J connectivity index is 2.20. The minimum Gasteiger partial charge on any atom is -0.495 e. The van der Waals surface area contributed by atoms with Crippen molar-refractivity contribution in [1.82, 2.24) is 4.72 Å². The van der Waals surface area contributed by atoms with Crippen LogP contribution in [0.3, 0.4) is 0 Å². The summed E-state index contributed by atoms with van der Waals surface area (Å²) >= 11 is 0. The van der Waals surface area contributed by atoms with Gasteiger partial charge in [-0.2, -0.15) is 0 Å². The molecule has 2 aromatic carbocycles. The first-order valence-electron chi connectivity index (χ1n) is 6.32. The van der Waals surface area contributed by atoms with Crippen LogP contribution in [0.25, 0.3) is 0 Å². The van der Waals surface area contributed by atoms with E-state index in [2.05, 4.69) is 4.72 Å². The van der Waals surface area contributed by atoms with Crippen molar-refractivity contribution in [3.05, 3.63) is 59.4 Å². The Bertz CT molecular complexity index is 744. The molecule has 0 aliphatic rings. The summed E-state index contributed by atoms with van der Waals surface area (Å²) in [5, 5.41) is 0. The fourth-order valence-electron chi connectivity index (χ4n) is 1.84. The predicted molar refractivity (Wildman–Crippen MR) is 78.2 cm³/mol. The van der Waals surface area contributed by atoms with Crippen molar-refractivity contribution in [2.75, 3.05) is 7.11 Å². The van der Waals surface area contributed by atoms with E-state index in [0.29, 0.717) is 11.1 Å². The lowest BCUT2D eigenvalue weighted by molar-refractivity contribution is 0.402. The highest BCUT2D eigenvalue weighted by Gasteiger charge is 2.18. The predicted octanol–water partition coefficient (Wildman–Crippen LogP) is 2.62. The van der Waals surface area contributed by atoms with E-state index in [1.807, 2.05) is 0 Å². The number of benzene rings is 2. The van der Waals surface area contributed by atoms with Crippen molar-refractivity contribution >= 4 is 10.0 Å². The van der Waals surface area contributed by atoms with Gasteiger partial charge in [0, 0.05) is 6.54 Å². The van der Waals surface area contributed by atoms with Gasteiger partial charge in [0.15, 0.2) is 0 Å². The van der Waals surface area contributed by atoms with Gasteiger partial charge in [0.2, 0.25) is 10.0 Å². The van der Waals surface area contributed by atoms with Gasteiger partial charge < -0.3 is 4.74 Å². The zero-order chi connectivity index (χ0) is 15.5. The summed E-state index contributed by atoms with van der Waals surface area (Å²) in [7, 11) is -2.32. The summed E-state index contributed by atoms with van der Waals surface area (Å²) in [6, 6.07) is 10.9. The third-order valence-corrected chi connectivity index (χ3v) is 4.50. The molecule has 0 aliphatic heterocycles. The molecule has 4 nitrogen and oxygen atoms in total. The first-order valence-corrected chi connectivity index (χ1v) is 7.80. The largest absolute Gasteiger partial charge is 0.495 e. The molecule has 0 aliphatic carbocycles. The van der Waals surface area contributed by atoms with Crippen LogP contribution in [0.15, 0.2) is 47.4 Å². The highest BCUT2D eigenvalue weighted by molar-refractivity contribution is 7.89. The van der Waals surface area contributed by atoms with Gasteiger partial charge in [-0.25, -0.2) is 17.5 Å². The summed E-state index contributed by atoms with van der Waals surface area (Å²) in [5.74, 6) is -0.0934. The number of nitrogens with one attached hydrogen (secondary N) is 1. The molecule has 2 rings (SSSR count). The molecule has 0 heterocycles. The smallest absolute Gasteiger partial charge is 0.244 e. The highest BCUT2D eigenvalue weighted by Crippen LogP contribution is 2.22. The average Bonchev–Trinajstić information content (AvgIpc) is 2.48. The number of ether oxygens (including phenoxy) is 1. The first kappa shape index (κ1) is 15.5. The number of rotatable bonds is 5. The number of aryl methyl sites for hydroxylation is 1. The molecule has 0 radical (unpaired) electrons. The first-order chi connectivity index (χ1) is 9.94. The molecule has 2 aromatic rings. The summed E-state index contributed by atoms with van der Waals surface area (Å²) < 4.78 is 45.4. The molecule has 1 N–H and O–H groups in total. The zero-order valence-corrected chi connectivity index (χ0v) is 12.6. The second-order valence-electron chi connectivity index (χ2n) is 4.56. The van der Waals surface area contributed by atoms with Crippen molar-refractivity contribution in [2.45, 2.75) is 18.4 Å². The molecule has 0 aromatic heterocycles. The van der Waals surface area contributed by atoms with Crippen molar-refractivity contribution < 1.29 is 17.5 Å². The fourth-order valence-corrected chi connectivity index (χ4v) is 3.03. The van der Waals surface area contributed by atoms with E-state index in [1.165, 1.54) is 19.2 Å². The molecular formula is C15H16FNO3S. The van der Waals surface area contributed by atoms with Gasteiger partial charge in [0.25, 0.3) is 0 Å². The summed E-state index contributed by atoms with van der Waals surface area (Å²) in [6.45, 7) is 1.66. The van der Waals surface area contributed by atoms with E-state index in [9.17, 15) is 12.8 Å². The minimum atomic E-state index is -3.72. The Morgan fingerprint density at radius 3 is 2.57 bits per heavy atom. The van der Waals surface area contributed by atoms with Gasteiger partial charge in [-0.3, -0.25) is 0 Å². The maximum absolute atomic E-state index is 13.4. The summed E-state index contributed by atoms with van der Waals surface area (Å²) in [5.41, 5.74) is 1.07. The number of hydrogen-bond donors (Lipinski definition) is 1. The van der Waals surface area contributed by atoms with Crippen LogP contribution in [0.5, 0.6) is 5.75 Å². The Labute approximate surface area is 123 Å². The van der Waals surface area contributed by atoms with Crippen LogP contribution in [-0.4, -0.2) is 15.5 Å². The van der Waals surface area contributed by atoms with Gasteiger partial charge in [-0.05, 0) is 36.2 Å². The van der Waals surface area contributed by atoms with Crippen LogP contribution in [0.1, 0.15) is 11.1 Å².